The lowest BCUT2D eigenvalue weighted by molar-refractivity contribution is 0.135. The van der Waals surface area contributed by atoms with Crippen LogP contribution in [0.25, 0.3) is 0 Å². The minimum Gasteiger partial charge on any atom is -0.306 e. The number of piperidine rings is 1. The molecule has 2 rings (SSSR count). The molecule has 5 heteroatoms. The van der Waals surface area contributed by atoms with Gasteiger partial charge in [-0.1, -0.05) is 6.58 Å². The van der Waals surface area contributed by atoms with Gasteiger partial charge in [-0.05, 0) is 44.8 Å². The first-order chi connectivity index (χ1) is 7.47. The predicted molar refractivity (Wildman–Crippen MR) is 64.5 cm³/mol. The summed E-state index contributed by atoms with van der Waals surface area (Å²) in [6, 6.07) is 0. The van der Waals surface area contributed by atoms with E-state index in [1.807, 2.05) is 0 Å². The first-order valence-electron chi connectivity index (χ1n) is 5.79. The maximum absolute atomic E-state index is 11.7. The van der Waals surface area contributed by atoms with Gasteiger partial charge in [0.2, 0.25) is 10.0 Å². The molecule has 0 aromatic rings. The molecule has 0 radical (unpaired) electrons. The van der Waals surface area contributed by atoms with Crippen LogP contribution in [0.15, 0.2) is 12.0 Å². The fourth-order valence-corrected chi connectivity index (χ4v) is 3.73. The minimum absolute atomic E-state index is 0.239. The zero-order chi connectivity index (χ0) is 11.8. The molecule has 2 fully saturated rings. The maximum atomic E-state index is 11.7. The van der Waals surface area contributed by atoms with Gasteiger partial charge < -0.3 is 4.90 Å². The van der Waals surface area contributed by atoms with Crippen molar-refractivity contribution in [1.29, 1.82) is 0 Å². The van der Waals surface area contributed by atoms with E-state index in [1.165, 1.54) is 0 Å². The van der Waals surface area contributed by atoms with E-state index in [4.69, 9.17) is 0 Å². The molecule has 16 heavy (non-hydrogen) atoms. The molecule has 0 atom stereocenters. The second-order valence-corrected chi connectivity index (χ2v) is 6.98. The molecule has 1 spiro atoms. The van der Waals surface area contributed by atoms with Crippen LogP contribution in [0.2, 0.25) is 0 Å². The van der Waals surface area contributed by atoms with Gasteiger partial charge in [0, 0.05) is 18.5 Å². The summed E-state index contributed by atoms with van der Waals surface area (Å²) in [6.45, 7) is 6.91. The van der Waals surface area contributed by atoms with E-state index in [1.54, 1.807) is 4.31 Å². The average molecular weight is 244 g/mol. The summed E-state index contributed by atoms with van der Waals surface area (Å²) in [5.41, 5.74) is 0.239. The largest absolute Gasteiger partial charge is 0.306 e. The van der Waals surface area contributed by atoms with Crippen molar-refractivity contribution in [1.82, 2.24) is 9.21 Å². The lowest BCUT2D eigenvalue weighted by Gasteiger charge is -2.37. The normalized spacial score (nSPS) is 27.3. The fourth-order valence-electron chi connectivity index (χ4n) is 2.72. The molecule has 2 aliphatic heterocycles. The van der Waals surface area contributed by atoms with Crippen LogP contribution in [0, 0.1) is 5.41 Å². The smallest absolute Gasteiger partial charge is 0.235 e. The second-order valence-electron chi connectivity index (χ2n) is 5.10. The number of likely N-dealkylation sites (tertiary alicyclic amines) is 1. The van der Waals surface area contributed by atoms with Gasteiger partial charge in [0.1, 0.15) is 0 Å². The molecule has 4 nitrogen and oxygen atoms in total. The summed E-state index contributed by atoms with van der Waals surface area (Å²) in [5, 5.41) is 1.07. The highest BCUT2D eigenvalue weighted by molar-refractivity contribution is 7.92. The van der Waals surface area contributed by atoms with Crippen LogP contribution < -0.4 is 0 Å². The first kappa shape index (κ1) is 12.1. The van der Waals surface area contributed by atoms with Crippen molar-refractivity contribution in [2.45, 2.75) is 19.3 Å². The van der Waals surface area contributed by atoms with E-state index >= 15 is 0 Å². The van der Waals surface area contributed by atoms with Crippen molar-refractivity contribution in [2.75, 3.05) is 33.2 Å². The molecule has 0 amide bonds. The lowest BCUT2D eigenvalue weighted by atomic mass is 9.78. The van der Waals surface area contributed by atoms with Crippen LogP contribution in [0.1, 0.15) is 19.3 Å². The van der Waals surface area contributed by atoms with Gasteiger partial charge >= 0.3 is 0 Å². The highest BCUT2D eigenvalue weighted by Gasteiger charge is 2.42. The Balaban J connectivity index is 2.05. The van der Waals surface area contributed by atoms with Crippen LogP contribution in [0.4, 0.5) is 0 Å². The van der Waals surface area contributed by atoms with Gasteiger partial charge in [0.15, 0.2) is 0 Å². The molecule has 0 N–H and O–H groups in total. The van der Waals surface area contributed by atoms with Crippen molar-refractivity contribution in [2.24, 2.45) is 5.41 Å². The fraction of sp³-hybridized carbons (Fsp3) is 0.818. The Morgan fingerprint density at radius 1 is 1.19 bits per heavy atom. The summed E-state index contributed by atoms with van der Waals surface area (Å²) >= 11 is 0. The highest BCUT2D eigenvalue weighted by atomic mass is 32.2. The minimum atomic E-state index is -3.20. The molecular formula is C11H20N2O2S. The van der Waals surface area contributed by atoms with Crippen LogP contribution in [0.3, 0.4) is 0 Å². The van der Waals surface area contributed by atoms with Crippen LogP contribution >= 0.6 is 0 Å². The quantitative estimate of drug-likeness (QED) is 0.724. The van der Waals surface area contributed by atoms with Gasteiger partial charge in [0.05, 0.1) is 0 Å². The molecule has 2 saturated heterocycles. The Labute approximate surface area is 98.0 Å². The molecule has 0 aromatic carbocycles. The molecular weight excluding hydrogens is 224 g/mol. The number of sulfonamides is 1. The molecule has 0 saturated carbocycles. The Morgan fingerprint density at radius 2 is 1.75 bits per heavy atom. The Morgan fingerprint density at radius 3 is 2.31 bits per heavy atom. The predicted octanol–water partition coefficient (Wildman–Crippen LogP) is 0.877. The lowest BCUT2D eigenvalue weighted by Crippen LogP contribution is -2.40. The monoisotopic (exact) mass is 244 g/mol. The van der Waals surface area contributed by atoms with Crippen LogP contribution in [0.5, 0.6) is 0 Å². The Kier molecular flexibility index (Phi) is 3.11. The SMILES string of the molecule is C=CS(=O)(=O)N1CCC2(CCN(C)CC2)C1. The van der Waals surface area contributed by atoms with E-state index in [0.29, 0.717) is 13.1 Å². The average Bonchev–Trinajstić information content (AvgIpc) is 2.68. The Bertz CT molecular complexity index is 369. The summed E-state index contributed by atoms with van der Waals surface area (Å²) in [5.74, 6) is 0. The van der Waals surface area contributed by atoms with Crippen molar-refractivity contribution in [3.63, 3.8) is 0 Å². The summed E-state index contributed by atoms with van der Waals surface area (Å²) in [6.07, 6.45) is 3.24. The van der Waals surface area contributed by atoms with Gasteiger partial charge in [-0.3, -0.25) is 0 Å². The number of hydrogen-bond acceptors (Lipinski definition) is 3. The standard InChI is InChI=1S/C11H20N2O2S/c1-3-16(14,15)13-9-6-11(10-13)4-7-12(2)8-5-11/h3H,1,4-10H2,2H3. The summed E-state index contributed by atoms with van der Waals surface area (Å²) in [7, 11) is -1.08. The van der Waals surface area contributed by atoms with Crippen molar-refractivity contribution in [3.8, 4) is 0 Å². The van der Waals surface area contributed by atoms with E-state index in [2.05, 4.69) is 18.5 Å². The highest BCUT2D eigenvalue weighted by Crippen LogP contribution is 2.40. The zero-order valence-corrected chi connectivity index (χ0v) is 10.7. The third kappa shape index (κ3) is 2.17. The molecule has 0 aliphatic carbocycles. The van der Waals surface area contributed by atoms with E-state index in [9.17, 15) is 8.42 Å². The molecule has 92 valence electrons. The first-order valence-corrected chi connectivity index (χ1v) is 7.29. The third-order valence-corrected chi connectivity index (χ3v) is 5.47. The van der Waals surface area contributed by atoms with E-state index in [0.717, 1.165) is 37.8 Å². The topological polar surface area (TPSA) is 40.6 Å². The van der Waals surface area contributed by atoms with Crippen molar-refractivity contribution >= 4 is 10.0 Å². The summed E-state index contributed by atoms with van der Waals surface area (Å²) in [4.78, 5) is 2.32. The van der Waals surface area contributed by atoms with Gasteiger partial charge in [-0.2, -0.15) is 4.31 Å². The number of hydrogen-bond donors (Lipinski definition) is 0. The zero-order valence-electron chi connectivity index (χ0n) is 9.85. The third-order valence-electron chi connectivity index (χ3n) is 4.02. The number of rotatable bonds is 2. The maximum Gasteiger partial charge on any atom is 0.235 e. The van der Waals surface area contributed by atoms with E-state index < -0.39 is 10.0 Å². The van der Waals surface area contributed by atoms with Crippen molar-refractivity contribution < 1.29 is 8.42 Å². The van der Waals surface area contributed by atoms with Crippen molar-refractivity contribution in [3.05, 3.63) is 12.0 Å². The molecule has 2 aliphatic rings. The van der Waals surface area contributed by atoms with E-state index in [-0.39, 0.29) is 5.41 Å². The second kappa shape index (κ2) is 4.13. The Hall–Kier alpha value is -0.390. The number of nitrogens with zero attached hydrogens (tertiary/aromatic N) is 2. The summed E-state index contributed by atoms with van der Waals surface area (Å²) < 4.78 is 25.0. The van der Waals surface area contributed by atoms with Gasteiger partial charge in [-0.15, -0.1) is 0 Å². The molecule has 0 aromatic heterocycles. The molecule has 0 unspecified atom stereocenters. The van der Waals surface area contributed by atoms with Crippen LogP contribution in [-0.2, 0) is 10.0 Å². The molecule has 2 heterocycles. The van der Waals surface area contributed by atoms with Gasteiger partial charge in [-0.25, -0.2) is 8.42 Å². The molecule has 0 bridgehead atoms. The van der Waals surface area contributed by atoms with Crippen LogP contribution in [-0.4, -0.2) is 50.8 Å². The van der Waals surface area contributed by atoms with Gasteiger partial charge in [0.25, 0.3) is 0 Å².